The molecule has 1 aromatic carbocycles. The molecule has 2 amide bonds. The second-order valence-electron chi connectivity index (χ2n) is 7.15. The Morgan fingerprint density at radius 3 is 2.28 bits per heavy atom. The molecule has 0 unspecified atom stereocenters. The normalized spacial score (nSPS) is 13.9. The summed E-state index contributed by atoms with van der Waals surface area (Å²) in [4.78, 5) is 57.1. The quantitative estimate of drug-likeness (QED) is 0.180. The summed E-state index contributed by atoms with van der Waals surface area (Å²) in [6.45, 7) is -0.825. The predicted octanol–water partition coefficient (Wildman–Crippen LogP) is -0.309. The van der Waals surface area contributed by atoms with Crippen molar-refractivity contribution in [2.75, 3.05) is 32.9 Å². The third-order valence-electron chi connectivity index (χ3n) is 4.39. The number of benzene rings is 1. The van der Waals surface area contributed by atoms with Gasteiger partial charge in [-0.1, -0.05) is 0 Å². The molecule has 0 atom stereocenters. The first kappa shape index (κ1) is 28.3. The van der Waals surface area contributed by atoms with Gasteiger partial charge in [-0.3, -0.25) is 20.4 Å². The lowest BCUT2D eigenvalue weighted by molar-refractivity contribution is -0.202. The summed E-state index contributed by atoms with van der Waals surface area (Å²) in [5, 5.41) is 11.9. The highest BCUT2D eigenvalue weighted by atomic mass is 19.4. The Kier molecular flexibility index (Phi) is 10.4. The maximum absolute atomic E-state index is 12.3. The molecule has 0 bridgehead atoms. The van der Waals surface area contributed by atoms with E-state index in [0.29, 0.717) is 0 Å². The summed E-state index contributed by atoms with van der Waals surface area (Å²) in [6, 6.07) is 3.17. The highest BCUT2D eigenvalue weighted by Crippen LogP contribution is 2.28. The maximum Gasteiger partial charge on any atom is 0.491 e. The third kappa shape index (κ3) is 9.75. The highest BCUT2D eigenvalue weighted by Gasteiger charge is 2.42. The molecule has 1 aliphatic heterocycles. The minimum absolute atomic E-state index is 0.0851. The summed E-state index contributed by atoms with van der Waals surface area (Å²) < 4.78 is 55.4. The Balaban J connectivity index is 1.95. The summed E-state index contributed by atoms with van der Waals surface area (Å²) in [6.07, 6.45) is -4.00. The number of carboxylic acid groups (broad SMARTS) is 1. The average molecular weight is 521 g/mol. The van der Waals surface area contributed by atoms with Crippen LogP contribution in [0.4, 0.5) is 13.2 Å². The van der Waals surface area contributed by atoms with Crippen LogP contribution < -0.4 is 25.6 Å². The first-order valence-electron chi connectivity index (χ1n) is 10.3. The van der Waals surface area contributed by atoms with Crippen LogP contribution in [0.2, 0.25) is 0 Å². The van der Waals surface area contributed by atoms with Gasteiger partial charge in [0.2, 0.25) is 0 Å². The maximum atomic E-state index is 12.3. The molecule has 2 rings (SSSR count). The van der Waals surface area contributed by atoms with Crippen molar-refractivity contribution in [2.24, 2.45) is 0 Å². The number of carbonyl (C=O) groups is 5. The SMILES string of the molecule is O=C(O)COc1cc(C(=O)NNC(=O)COC2CCNCC2)ccc1OCC(=O)OC(=O)C(F)(F)F. The van der Waals surface area contributed by atoms with Gasteiger partial charge in [0.25, 0.3) is 11.8 Å². The number of carbonyl (C=O) groups excluding carboxylic acids is 4. The lowest BCUT2D eigenvalue weighted by atomic mass is 10.1. The molecule has 1 fully saturated rings. The Labute approximate surface area is 201 Å². The number of halogens is 3. The molecular weight excluding hydrogens is 499 g/mol. The number of esters is 2. The van der Waals surface area contributed by atoms with Crippen LogP contribution in [0, 0.1) is 0 Å². The third-order valence-corrected chi connectivity index (χ3v) is 4.39. The average Bonchev–Trinajstić information content (AvgIpc) is 2.83. The number of hydrogen-bond acceptors (Lipinski definition) is 10. The summed E-state index contributed by atoms with van der Waals surface area (Å²) in [5.74, 6) is -8.02. The van der Waals surface area contributed by atoms with Crippen molar-refractivity contribution < 1.29 is 61.2 Å². The zero-order valence-corrected chi connectivity index (χ0v) is 18.5. The highest BCUT2D eigenvalue weighted by molar-refractivity contribution is 5.96. The number of carboxylic acids is 1. The molecule has 1 saturated heterocycles. The molecule has 0 radical (unpaired) electrons. The van der Waals surface area contributed by atoms with Gasteiger partial charge >= 0.3 is 24.1 Å². The second-order valence-corrected chi connectivity index (χ2v) is 7.15. The van der Waals surface area contributed by atoms with E-state index < -0.39 is 49.1 Å². The molecule has 1 aromatic rings. The van der Waals surface area contributed by atoms with E-state index in [0.717, 1.165) is 44.1 Å². The van der Waals surface area contributed by atoms with Crippen LogP contribution in [0.25, 0.3) is 0 Å². The summed E-state index contributed by atoms with van der Waals surface area (Å²) in [7, 11) is 0. The van der Waals surface area contributed by atoms with Crippen LogP contribution in [-0.2, 0) is 28.7 Å². The van der Waals surface area contributed by atoms with Crippen LogP contribution in [0.5, 0.6) is 11.5 Å². The monoisotopic (exact) mass is 521 g/mol. The largest absolute Gasteiger partial charge is 0.491 e. The minimum atomic E-state index is -5.39. The van der Waals surface area contributed by atoms with E-state index in [4.69, 9.17) is 19.3 Å². The Hall–Kier alpha value is -3.92. The molecule has 1 heterocycles. The minimum Gasteiger partial charge on any atom is -0.479 e. The number of hydrogen-bond donors (Lipinski definition) is 4. The fraction of sp³-hybridized carbons (Fsp3) is 0.450. The Morgan fingerprint density at radius 1 is 0.972 bits per heavy atom. The number of piperidine rings is 1. The van der Waals surface area contributed by atoms with Crippen LogP contribution in [-0.4, -0.2) is 80.0 Å². The number of hydrazine groups is 1. The van der Waals surface area contributed by atoms with E-state index >= 15 is 0 Å². The van der Waals surface area contributed by atoms with Gasteiger partial charge in [-0.2, -0.15) is 13.2 Å². The molecule has 36 heavy (non-hydrogen) atoms. The molecule has 0 spiro atoms. The number of amides is 2. The Morgan fingerprint density at radius 2 is 1.64 bits per heavy atom. The molecular formula is C20H22F3N3O10. The van der Waals surface area contributed by atoms with E-state index in [1.54, 1.807) is 0 Å². The number of aliphatic carboxylic acids is 1. The molecule has 16 heteroatoms. The zero-order chi connectivity index (χ0) is 26.7. The van der Waals surface area contributed by atoms with Crippen molar-refractivity contribution in [3.05, 3.63) is 23.8 Å². The van der Waals surface area contributed by atoms with Crippen molar-refractivity contribution >= 4 is 29.7 Å². The first-order valence-corrected chi connectivity index (χ1v) is 10.3. The molecule has 0 aliphatic carbocycles. The van der Waals surface area contributed by atoms with E-state index in [2.05, 4.69) is 20.9 Å². The van der Waals surface area contributed by atoms with Gasteiger partial charge in [0.1, 0.15) is 6.61 Å². The number of alkyl halides is 3. The lowest BCUT2D eigenvalue weighted by Gasteiger charge is -2.22. The molecule has 13 nitrogen and oxygen atoms in total. The fourth-order valence-electron chi connectivity index (χ4n) is 2.74. The second kappa shape index (κ2) is 13.2. The van der Waals surface area contributed by atoms with Gasteiger partial charge in [-0.25, -0.2) is 14.4 Å². The topological polar surface area (TPSA) is 179 Å². The van der Waals surface area contributed by atoms with E-state index in [-0.39, 0.29) is 29.8 Å². The smallest absolute Gasteiger partial charge is 0.479 e. The van der Waals surface area contributed by atoms with Crippen LogP contribution >= 0.6 is 0 Å². The van der Waals surface area contributed by atoms with Crippen molar-refractivity contribution in [3.8, 4) is 11.5 Å². The molecule has 0 aromatic heterocycles. The van der Waals surface area contributed by atoms with Gasteiger partial charge in [-0.15, -0.1) is 0 Å². The first-order chi connectivity index (χ1) is 17.0. The molecule has 0 saturated carbocycles. The Bertz CT molecular complexity index is 980. The van der Waals surface area contributed by atoms with Crippen LogP contribution in [0.3, 0.4) is 0 Å². The summed E-state index contributed by atoms with van der Waals surface area (Å²) >= 11 is 0. The number of ether oxygens (including phenoxy) is 4. The lowest BCUT2D eigenvalue weighted by Crippen LogP contribution is -2.44. The van der Waals surface area contributed by atoms with Crippen molar-refractivity contribution in [1.29, 1.82) is 0 Å². The van der Waals surface area contributed by atoms with Gasteiger partial charge in [-0.05, 0) is 44.1 Å². The predicted molar refractivity (Wildman–Crippen MR) is 110 cm³/mol. The van der Waals surface area contributed by atoms with Crippen LogP contribution in [0.1, 0.15) is 23.2 Å². The van der Waals surface area contributed by atoms with Gasteiger partial charge in [0.05, 0.1) is 6.10 Å². The van der Waals surface area contributed by atoms with Gasteiger partial charge in [0, 0.05) is 5.56 Å². The molecule has 4 N–H and O–H groups in total. The van der Waals surface area contributed by atoms with Crippen molar-refractivity contribution in [2.45, 2.75) is 25.1 Å². The van der Waals surface area contributed by atoms with E-state index in [1.807, 2.05) is 0 Å². The zero-order valence-electron chi connectivity index (χ0n) is 18.5. The van der Waals surface area contributed by atoms with Crippen molar-refractivity contribution in [3.63, 3.8) is 0 Å². The fourth-order valence-corrected chi connectivity index (χ4v) is 2.74. The van der Waals surface area contributed by atoms with E-state index in [9.17, 15) is 37.1 Å². The molecule has 1 aliphatic rings. The number of nitrogens with one attached hydrogen (secondary N) is 3. The molecule has 198 valence electrons. The number of rotatable bonds is 10. The van der Waals surface area contributed by atoms with E-state index in [1.165, 1.54) is 0 Å². The van der Waals surface area contributed by atoms with Crippen molar-refractivity contribution in [1.82, 2.24) is 16.2 Å². The van der Waals surface area contributed by atoms with Gasteiger partial charge in [0.15, 0.2) is 24.7 Å². The van der Waals surface area contributed by atoms with Crippen LogP contribution in [0.15, 0.2) is 18.2 Å². The summed E-state index contributed by atoms with van der Waals surface area (Å²) in [5.41, 5.74) is 4.13. The van der Waals surface area contributed by atoms with Gasteiger partial charge < -0.3 is 29.4 Å². The standard InChI is InChI=1S/C20H22F3N3O10/c21-20(22,23)19(32)36-17(30)10-35-13-2-1-11(7-14(13)34-9-16(28)29)18(31)26-25-15(27)8-33-12-3-5-24-6-4-12/h1-2,7,12,24H,3-6,8-10H2,(H,25,27)(H,26,31)(H,28,29).